The predicted molar refractivity (Wildman–Crippen MR) is 64.0 cm³/mol. The molecule has 1 saturated carbocycles. The van der Waals surface area contributed by atoms with Crippen LogP contribution in [0.5, 0.6) is 0 Å². The van der Waals surface area contributed by atoms with Crippen molar-refractivity contribution in [3.8, 4) is 0 Å². The van der Waals surface area contributed by atoms with Gasteiger partial charge in [-0.2, -0.15) is 0 Å². The SMILES string of the molecule is OC1CCC2CCN(Cc3ccccc3)C12. The van der Waals surface area contributed by atoms with E-state index in [0.29, 0.717) is 6.04 Å². The van der Waals surface area contributed by atoms with Crippen LogP contribution >= 0.6 is 0 Å². The van der Waals surface area contributed by atoms with E-state index < -0.39 is 0 Å². The Bertz CT molecular complexity index is 351. The van der Waals surface area contributed by atoms with E-state index in [1.165, 1.54) is 18.4 Å². The van der Waals surface area contributed by atoms with E-state index in [2.05, 4.69) is 35.2 Å². The molecule has 1 aliphatic carbocycles. The minimum Gasteiger partial charge on any atom is -0.391 e. The molecule has 3 unspecified atom stereocenters. The Morgan fingerprint density at radius 3 is 2.75 bits per heavy atom. The summed E-state index contributed by atoms with van der Waals surface area (Å²) in [6.45, 7) is 2.15. The van der Waals surface area contributed by atoms with Crippen LogP contribution < -0.4 is 0 Å². The average Bonchev–Trinajstić information content (AvgIpc) is 2.86. The maximum absolute atomic E-state index is 10.0. The van der Waals surface area contributed by atoms with Gasteiger partial charge in [0.2, 0.25) is 0 Å². The molecule has 1 aliphatic heterocycles. The molecule has 2 heteroatoms. The van der Waals surface area contributed by atoms with Gasteiger partial charge >= 0.3 is 0 Å². The highest BCUT2D eigenvalue weighted by atomic mass is 16.3. The first-order valence-corrected chi connectivity index (χ1v) is 6.30. The summed E-state index contributed by atoms with van der Waals surface area (Å²) in [6, 6.07) is 11.0. The lowest BCUT2D eigenvalue weighted by molar-refractivity contribution is 0.0808. The largest absolute Gasteiger partial charge is 0.391 e. The van der Waals surface area contributed by atoms with Crippen molar-refractivity contribution < 1.29 is 5.11 Å². The van der Waals surface area contributed by atoms with Crippen LogP contribution in [0.1, 0.15) is 24.8 Å². The predicted octanol–water partition coefficient (Wildman–Crippen LogP) is 2.03. The van der Waals surface area contributed by atoms with Crippen molar-refractivity contribution in [2.45, 2.75) is 38.0 Å². The van der Waals surface area contributed by atoms with Crippen LogP contribution in [0.2, 0.25) is 0 Å². The zero-order chi connectivity index (χ0) is 11.0. The van der Waals surface area contributed by atoms with Crippen LogP contribution in [-0.2, 0) is 6.54 Å². The molecule has 2 fully saturated rings. The fourth-order valence-corrected chi connectivity index (χ4v) is 3.38. The van der Waals surface area contributed by atoms with Gasteiger partial charge in [-0.3, -0.25) is 4.90 Å². The van der Waals surface area contributed by atoms with E-state index in [4.69, 9.17) is 0 Å². The van der Waals surface area contributed by atoms with Crippen molar-refractivity contribution in [2.24, 2.45) is 5.92 Å². The van der Waals surface area contributed by atoms with E-state index in [1.54, 1.807) is 0 Å². The lowest BCUT2D eigenvalue weighted by Gasteiger charge is -2.26. The molecule has 0 spiro atoms. The quantitative estimate of drug-likeness (QED) is 0.819. The molecule has 2 nitrogen and oxygen atoms in total. The third-order valence-electron chi connectivity index (χ3n) is 4.15. The number of likely N-dealkylation sites (tertiary alicyclic amines) is 1. The van der Waals surface area contributed by atoms with Gasteiger partial charge in [-0.05, 0) is 37.3 Å². The second-order valence-electron chi connectivity index (χ2n) is 5.14. The summed E-state index contributed by atoms with van der Waals surface area (Å²) in [5, 5.41) is 10.0. The third-order valence-corrected chi connectivity index (χ3v) is 4.15. The lowest BCUT2D eigenvalue weighted by Crippen LogP contribution is -2.37. The minimum atomic E-state index is -0.0868. The summed E-state index contributed by atoms with van der Waals surface area (Å²) in [5.74, 6) is 0.749. The fourth-order valence-electron chi connectivity index (χ4n) is 3.38. The van der Waals surface area contributed by atoms with Gasteiger partial charge in [0, 0.05) is 12.6 Å². The zero-order valence-electron chi connectivity index (χ0n) is 9.55. The van der Waals surface area contributed by atoms with Crippen molar-refractivity contribution in [3.63, 3.8) is 0 Å². The number of aliphatic hydroxyl groups is 1. The molecule has 3 atom stereocenters. The number of nitrogens with zero attached hydrogens (tertiary/aromatic N) is 1. The Morgan fingerprint density at radius 2 is 1.94 bits per heavy atom. The number of fused-ring (bicyclic) bond motifs is 1. The van der Waals surface area contributed by atoms with E-state index in [-0.39, 0.29) is 6.10 Å². The monoisotopic (exact) mass is 217 g/mol. The molecule has 1 aromatic carbocycles. The van der Waals surface area contributed by atoms with Crippen LogP contribution in [0.4, 0.5) is 0 Å². The molecule has 2 aliphatic rings. The molecule has 1 aromatic rings. The molecular weight excluding hydrogens is 198 g/mol. The molecule has 16 heavy (non-hydrogen) atoms. The van der Waals surface area contributed by atoms with Gasteiger partial charge < -0.3 is 5.11 Å². The highest BCUT2D eigenvalue weighted by molar-refractivity contribution is 5.15. The Kier molecular flexibility index (Phi) is 2.70. The Balaban J connectivity index is 1.72. The maximum atomic E-state index is 10.0. The van der Waals surface area contributed by atoms with Gasteiger partial charge in [-0.1, -0.05) is 30.3 Å². The second-order valence-corrected chi connectivity index (χ2v) is 5.14. The topological polar surface area (TPSA) is 23.5 Å². The van der Waals surface area contributed by atoms with E-state index in [1.807, 2.05) is 0 Å². The molecule has 0 amide bonds. The van der Waals surface area contributed by atoms with Crippen molar-refractivity contribution in [3.05, 3.63) is 35.9 Å². The summed E-state index contributed by atoms with van der Waals surface area (Å²) in [5.41, 5.74) is 1.36. The first kappa shape index (κ1) is 10.3. The Hall–Kier alpha value is -0.860. The van der Waals surface area contributed by atoms with Crippen molar-refractivity contribution in [1.29, 1.82) is 0 Å². The number of hydrogen-bond donors (Lipinski definition) is 1. The van der Waals surface area contributed by atoms with Crippen molar-refractivity contribution >= 4 is 0 Å². The summed E-state index contributed by atoms with van der Waals surface area (Å²) in [4.78, 5) is 2.47. The Morgan fingerprint density at radius 1 is 1.12 bits per heavy atom. The van der Waals surface area contributed by atoms with Crippen LogP contribution in [-0.4, -0.2) is 28.7 Å². The van der Waals surface area contributed by atoms with Crippen LogP contribution in [0.3, 0.4) is 0 Å². The Labute approximate surface area is 96.9 Å². The smallest absolute Gasteiger partial charge is 0.0698 e. The van der Waals surface area contributed by atoms with Gasteiger partial charge in [0.05, 0.1) is 6.10 Å². The molecule has 0 radical (unpaired) electrons. The van der Waals surface area contributed by atoms with Gasteiger partial charge in [0.25, 0.3) is 0 Å². The van der Waals surface area contributed by atoms with Crippen LogP contribution in [0.15, 0.2) is 30.3 Å². The third kappa shape index (κ3) is 1.76. The summed E-state index contributed by atoms with van der Waals surface area (Å²) in [6.07, 6.45) is 3.41. The number of rotatable bonds is 2. The molecule has 1 heterocycles. The van der Waals surface area contributed by atoms with Gasteiger partial charge in [0.1, 0.15) is 0 Å². The molecule has 0 bridgehead atoms. The van der Waals surface area contributed by atoms with Crippen LogP contribution in [0.25, 0.3) is 0 Å². The lowest BCUT2D eigenvalue weighted by atomic mass is 10.0. The van der Waals surface area contributed by atoms with Gasteiger partial charge in [-0.25, -0.2) is 0 Å². The standard InChI is InChI=1S/C14H19NO/c16-13-7-6-12-8-9-15(14(12)13)10-11-4-2-1-3-5-11/h1-5,12-14,16H,6-10H2. The van der Waals surface area contributed by atoms with E-state index in [9.17, 15) is 5.11 Å². The van der Waals surface area contributed by atoms with Crippen molar-refractivity contribution in [1.82, 2.24) is 4.90 Å². The number of hydrogen-bond acceptors (Lipinski definition) is 2. The highest BCUT2D eigenvalue weighted by Crippen LogP contribution is 2.38. The van der Waals surface area contributed by atoms with Crippen LogP contribution in [0, 0.1) is 5.92 Å². The number of aliphatic hydroxyl groups excluding tert-OH is 1. The fraction of sp³-hybridized carbons (Fsp3) is 0.571. The molecule has 1 N–H and O–H groups in total. The number of benzene rings is 1. The molecule has 86 valence electrons. The maximum Gasteiger partial charge on any atom is 0.0698 e. The van der Waals surface area contributed by atoms with Gasteiger partial charge in [-0.15, -0.1) is 0 Å². The first-order valence-electron chi connectivity index (χ1n) is 6.30. The minimum absolute atomic E-state index is 0.0868. The normalized spacial score (nSPS) is 34.2. The summed E-state index contributed by atoms with van der Waals surface area (Å²) >= 11 is 0. The van der Waals surface area contributed by atoms with Crippen molar-refractivity contribution in [2.75, 3.05) is 6.54 Å². The van der Waals surface area contributed by atoms with E-state index >= 15 is 0 Å². The molecule has 3 rings (SSSR count). The average molecular weight is 217 g/mol. The molecule has 1 saturated heterocycles. The second kappa shape index (κ2) is 4.19. The van der Waals surface area contributed by atoms with Gasteiger partial charge in [0.15, 0.2) is 0 Å². The zero-order valence-corrected chi connectivity index (χ0v) is 9.55. The molecule has 0 aromatic heterocycles. The summed E-state index contributed by atoms with van der Waals surface area (Å²) in [7, 11) is 0. The summed E-state index contributed by atoms with van der Waals surface area (Å²) < 4.78 is 0. The molecular formula is C14H19NO. The van der Waals surface area contributed by atoms with E-state index in [0.717, 1.165) is 25.4 Å². The highest BCUT2D eigenvalue weighted by Gasteiger charge is 2.42. The first-order chi connectivity index (χ1) is 7.84.